The summed E-state index contributed by atoms with van der Waals surface area (Å²) in [6, 6.07) is 5.78. The molecule has 15 heavy (non-hydrogen) atoms. The average Bonchev–Trinajstić information content (AvgIpc) is 2.57. The molecule has 4 heteroatoms. The van der Waals surface area contributed by atoms with Crippen LogP contribution in [0.4, 0.5) is 0 Å². The van der Waals surface area contributed by atoms with Gasteiger partial charge in [-0.15, -0.1) is 0 Å². The number of aromatic amines is 1. The van der Waals surface area contributed by atoms with E-state index < -0.39 is 5.76 Å². The molecule has 0 aliphatic rings. The van der Waals surface area contributed by atoms with Crippen molar-refractivity contribution < 1.29 is 4.42 Å². The van der Waals surface area contributed by atoms with Crippen molar-refractivity contribution in [1.82, 2.24) is 9.88 Å². The molecule has 0 aliphatic carbocycles. The molecule has 1 aromatic carbocycles. The van der Waals surface area contributed by atoms with Crippen molar-refractivity contribution >= 4 is 11.1 Å². The number of fused-ring (bicyclic) bond motifs is 1. The number of hydrogen-bond acceptors (Lipinski definition) is 3. The van der Waals surface area contributed by atoms with Gasteiger partial charge >= 0.3 is 5.76 Å². The number of hydrogen-bond donors (Lipinski definition) is 1. The van der Waals surface area contributed by atoms with Gasteiger partial charge in [0.25, 0.3) is 0 Å². The average molecular weight is 206 g/mol. The van der Waals surface area contributed by atoms with Crippen LogP contribution in [0.3, 0.4) is 0 Å². The van der Waals surface area contributed by atoms with Gasteiger partial charge in [0.15, 0.2) is 5.58 Å². The van der Waals surface area contributed by atoms with E-state index in [1.54, 1.807) is 0 Å². The molecular weight excluding hydrogens is 192 g/mol. The third kappa shape index (κ3) is 2.10. The predicted octanol–water partition coefficient (Wildman–Crippen LogP) is 1.57. The number of H-pyrrole nitrogens is 1. The normalized spacial score (nSPS) is 11.4. The second-order valence-electron chi connectivity index (χ2n) is 3.68. The molecule has 0 aliphatic heterocycles. The molecule has 4 nitrogen and oxygen atoms in total. The Labute approximate surface area is 87.5 Å². The molecule has 1 N–H and O–H groups in total. The van der Waals surface area contributed by atoms with Crippen molar-refractivity contribution in [2.75, 3.05) is 13.6 Å². The van der Waals surface area contributed by atoms with E-state index in [4.69, 9.17) is 4.42 Å². The highest BCUT2D eigenvalue weighted by Crippen LogP contribution is 2.13. The minimum absolute atomic E-state index is 0.397. The number of rotatable bonds is 3. The number of oxazole rings is 1. The second-order valence-corrected chi connectivity index (χ2v) is 3.68. The van der Waals surface area contributed by atoms with Crippen molar-refractivity contribution in [3.63, 3.8) is 0 Å². The molecule has 2 rings (SSSR count). The minimum atomic E-state index is -0.397. The highest BCUT2D eigenvalue weighted by molar-refractivity contribution is 5.72. The lowest BCUT2D eigenvalue weighted by atomic mass is 10.2. The molecule has 0 atom stereocenters. The van der Waals surface area contributed by atoms with Crippen LogP contribution in [0.2, 0.25) is 0 Å². The zero-order chi connectivity index (χ0) is 10.8. The van der Waals surface area contributed by atoms with Crippen LogP contribution >= 0.6 is 0 Å². The maximum Gasteiger partial charge on any atom is 0.417 e. The molecule has 80 valence electrons. The van der Waals surface area contributed by atoms with E-state index in [2.05, 4.69) is 23.9 Å². The van der Waals surface area contributed by atoms with Gasteiger partial charge in [-0.2, -0.15) is 0 Å². The van der Waals surface area contributed by atoms with E-state index in [1.807, 2.05) is 18.2 Å². The molecule has 1 heterocycles. The van der Waals surface area contributed by atoms with Crippen LogP contribution in [0, 0.1) is 0 Å². The molecule has 0 saturated heterocycles. The Bertz CT molecular complexity index is 513. The van der Waals surface area contributed by atoms with E-state index in [0.29, 0.717) is 5.58 Å². The third-order valence-corrected chi connectivity index (χ3v) is 2.48. The van der Waals surface area contributed by atoms with Crippen LogP contribution in [-0.4, -0.2) is 23.5 Å². The van der Waals surface area contributed by atoms with Crippen molar-refractivity contribution in [1.29, 1.82) is 0 Å². The second kappa shape index (κ2) is 3.90. The molecule has 0 bridgehead atoms. The SMILES string of the molecule is CCN(C)Cc1ccc2[nH]c(=O)oc2c1. The Hall–Kier alpha value is -1.55. The van der Waals surface area contributed by atoms with E-state index in [0.717, 1.165) is 24.2 Å². The monoisotopic (exact) mass is 206 g/mol. The summed E-state index contributed by atoms with van der Waals surface area (Å²) < 4.78 is 4.99. The summed E-state index contributed by atoms with van der Waals surface area (Å²) in [5, 5.41) is 0. The fourth-order valence-electron chi connectivity index (χ4n) is 1.51. The molecule has 0 fully saturated rings. The summed E-state index contributed by atoms with van der Waals surface area (Å²) in [4.78, 5) is 15.7. The number of nitrogens with one attached hydrogen (secondary N) is 1. The zero-order valence-corrected chi connectivity index (χ0v) is 8.91. The van der Waals surface area contributed by atoms with E-state index in [-0.39, 0.29) is 0 Å². The Balaban J connectivity index is 2.34. The third-order valence-electron chi connectivity index (χ3n) is 2.48. The van der Waals surface area contributed by atoms with Crippen LogP contribution < -0.4 is 5.76 Å². The maximum atomic E-state index is 10.9. The molecule has 1 aromatic heterocycles. The molecule has 0 spiro atoms. The van der Waals surface area contributed by atoms with E-state index >= 15 is 0 Å². The highest BCUT2D eigenvalue weighted by Gasteiger charge is 2.03. The fraction of sp³-hybridized carbons (Fsp3) is 0.364. The standard InChI is InChI=1S/C11H14N2O2/c1-3-13(2)7-8-4-5-9-10(6-8)15-11(14)12-9/h4-6H,3,7H2,1-2H3,(H,12,14). The van der Waals surface area contributed by atoms with Crippen molar-refractivity contribution in [3.05, 3.63) is 34.3 Å². The number of aromatic nitrogens is 1. The van der Waals surface area contributed by atoms with Gasteiger partial charge < -0.3 is 9.32 Å². The van der Waals surface area contributed by atoms with Crippen LogP contribution in [0.1, 0.15) is 12.5 Å². The molecule has 0 saturated carbocycles. The highest BCUT2D eigenvalue weighted by atomic mass is 16.4. The first-order chi connectivity index (χ1) is 7.19. The van der Waals surface area contributed by atoms with E-state index in [9.17, 15) is 4.79 Å². The first-order valence-electron chi connectivity index (χ1n) is 4.99. The minimum Gasteiger partial charge on any atom is -0.408 e. The van der Waals surface area contributed by atoms with Crippen LogP contribution in [0.5, 0.6) is 0 Å². The molecular formula is C11H14N2O2. The predicted molar refractivity (Wildman–Crippen MR) is 58.8 cm³/mol. The van der Waals surface area contributed by atoms with Crippen molar-refractivity contribution in [2.45, 2.75) is 13.5 Å². The Kier molecular flexibility index (Phi) is 2.60. The Morgan fingerprint density at radius 1 is 1.47 bits per heavy atom. The lowest BCUT2D eigenvalue weighted by Crippen LogP contribution is -2.16. The topological polar surface area (TPSA) is 49.2 Å². The van der Waals surface area contributed by atoms with Gasteiger partial charge in [-0.25, -0.2) is 4.79 Å². The summed E-state index contributed by atoms with van der Waals surface area (Å²) in [5.74, 6) is -0.397. The van der Waals surface area contributed by atoms with Crippen LogP contribution in [0.15, 0.2) is 27.4 Å². The summed E-state index contributed by atoms with van der Waals surface area (Å²) in [6.07, 6.45) is 0. The van der Waals surface area contributed by atoms with Crippen LogP contribution in [-0.2, 0) is 6.54 Å². The van der Waals surface area contributed by atoms with Gasteiger partial charge in [0.2, 0.25) is 0 Å². The molecule has 2 aromatic rings. The summed E-state index contributed by atoms with van der Waals surface area (Å²) >= 11 is 0. The van der Waals surface area contributed by atoms with Gasteiger partial charge in [-0.1, -0.05) is 13.0 Å². The van der Waals surface area contributed by atoms with Gasteiger partial charge in [0, 0.05) is 6.54 Å². The Morgan fingerprint density at radius 3 is 3.00 bits per heavy atom. The van der Waals surface area contributed by atoms with E-state index in [1.165, 1.54) is 0 Å². The van der Waals surface area contributed by atoms with Gasteiger partial charge in [0.1, 0.15) is 0 Å². The van der Waals surface area contributed by atoms with Gasteiger partial charge in [-0.05, 0) is 31.3 Å². The molecule has 0 amide bonds. The first-order valence-corrected chi connectivity index (χ1v) is 4.99. The largest absolute Gasteiger partial charge is 0.417 e. The first kappa shape index (κ1) is 9.98. The number of benzene rings is 1. The maximum absolute atomic E-state index is 10.9. The van der Waals surface area contributed by atoms with Crippen molar-refractivity contribution in [2.24, 2.45) is 0 Å². The summed E-state index contributed by atoms with van der Waals surface area (Å²) in [6.45, 7) is 3.96. The fourth-order valence-corrected chi connectivity index (χ4v) is 1.51. The van der Waals surface area contributed by atoms with Gasteiger partial charge in [-0.3, -0.25) is 4.98 Å². The molecule has 0 unspecified atom stereocenters. The van der Waals surface area contributed by atoms with Gasteiger partial charge in [0.05, 0.1) is 5.52 Å². The van der Waals surface area contributed by atoms with Crippen LogP contribution in [0.25, 0.3) is 11.1 Å². The summed E-state index contributed by atoms with van der Waals surface area (Å²) in [7, 11) is 2.05. The lowest BCUT2D eigenvalue weighted by molar-refractivity contribution is 0.346. The quantitative estimate of drug-likeness (QED) is 0.829. The Morgan fingerprint density at radius 2 is 2.27 bits per heavy atom. The smallest absolute Gasteiger partial charge is 0.408 e. The summed E-state index contributed by atoms with van der Waals surface area (Å²) in [5.41, 5.74) is 2.53. The molecule has 0 radical (unpaired) electrons. The lowest BCUT2D eigenvalue weighted by Gasteiger charge is -2.13. The van der Waals surface area contributed by atoms with Crippen molar-refractivity contribution in [3.8, 4) is 0 Å². The zero-order valence-electron chi connectivity index (χ0n) is 8.91. The number of nitrogens with zero attached hydrogens (tertiary/aromatic N) is 1.